The van der Waals surface area contributed by atoms with Gasteiger partial charge in [0.2, 0.25) is 0 Å². The van der Waals surface area contributed by atoms with Crippen LogP contribution < -0.4 is 5.32 Å². The Morgan fingerprint density at radius 2 is 1.93 bits per heavy atom. The Balaban J connectivity index is 2.77. The molecular weight excluding hydrogens is 370 g/mol. The van der Waals surface area contributed by atoms with Crippen molar-refractivity contribution in [3.63, 3.8) is 0 Å². The number of allylic oxidation sites excluding steroid dienone is 5. The van der Waals surface area contributed by atoms with E-state index in [0.29, 0.717) is 19.6 Å². The highest BCUT2D eigenvalue weighted by Gasteiger charge is 2.42. The minimum absolute atomic E-state index is 0.0478. The second-order valence-electron chi connectivity index (χ2n) is 7.53. The number of carbonyl (C=O) groups is 2. The molecule has 1 aliphatic heterocycles. The van der Waals surface area contributed by atoms with Gasteiger partial charge in [-0.05, 0) is 25.8 Å². The zero-order chi connectivity index (χ0) is 21.6. The molecular formula is C23H37NO5. The molecule has 4 atom stereocenters. The maximum absolute atomic E-state index is 12.3. The van der Waals surface area contributed by atoms with Crippen LogP contribution in [0.2, 0.25) is 0 Å². The van der Waals surface area contributed by atoms with Crippen molar-refractivity contribution in [3.05, 3.63) is 36.0 Å². The number of ketones is 1. The Labute approximate surface area is 175 Å². The van der Waals surface area contributed by atoms with Gasteiger partial charge in [-0.1, -0.05) is 50.6 Å². The van der Waals surface area contributed by atoms with Crippen molar-refractivity contribution >= 4 is 11.8 Å². The molecule has 0 aromatic heterocycles. The average Bonchev–Trinajstić information content (AvgIpc) is 2.68. The Kier molecular flexibility index (Phi) is 12.4. The van der Waals surface area contributed by atoms with E-state index in [2.05, 4.69) is 18.3 Å². The van der Waals surface area contributed by atoms with Crippen molar-refractivity contribution in [1.29, 1.82) is 0 Å². The molecule has 0 aromatic rings. The number of Topliss-reactive ketones (excluding diaryl/α,β-unsaturated/α-hetero) is 1. The molecule has 1 saturated heterocycles. The molecule has 6 nitrogen and oxygen atoms in total. The first kappa shape index (κ1) is 25.3. The number of rotatable bonds is 12. The van der Waals surface area contributed by atoms with E-state index >= 15 is 0 Å². The molecule has 1 N–H and O–H groups in total. The van der Waals surface area contributed by atoms with Gasteiger partial charge in [-0.3, -0.25) is 9.59 Å². The Morgan fingerprint density at radius 1 is 1.17 bits per heavy atom. The molecule has 1 fully saturated rings. The van der Waals surface area contributed by atoms with E-state index in [0.717, 1.165) is 18.4 Å². The highest BCUT2D eigenvalue weighted by molar-refractivity contribution is 5.76. The van der Waals surface area contributed by atoms with Gasteiger partial charge >= 0.3 is 5.97 Å². The standard InChI is InChI=1S/C23H37NO5/c1-6-7-8-9-10-11-12-17(2)22-23(21(27-5)18(3)16-28-22)29-20(26)15-24-14-13-19(4)25/h8-12,18,21-24H,6-7,13-16H2,1-5H3/b9-8+,11-10+,17-12+/t18-,21+,22-,23+/m1/s1. The molecule has 1 heterocycles. The number of carbonyl (C=O) groups excluding carboxylic acids is 2. The van der Waals surface area contributed by atoms with Crippen LogP contribution in [0.15, 0.2) is 36.0 Å². The van der Waals surface area contributed by atoms with Crippen molar-refractivity contribution in [3.8, 4) is 0 Å². The summed E-state index contributed by atoms with van der Waals surface area (Å²) < 4.78 is 17.4. The van der Waals surface area contributed by atoms with Crippen molar-refractivity contribution in [2.45, 2.75) is 65.3 Å². The zero-order valence-electron chi connectivity index (χ0n) is 18.5. The third-order valence-corrected chi connectivity index (χ3v) is 4.81. The minimum atomic E-state index is -0.522. The summed E-state index contributed by atoms with van der Waals surface area (Å²) in [4.78, 5) is 23.3. The van der Waals surface area contributed by atoms with Crippen LogP contribution in [0.3, 0.4) is 0 Å². The second kappa shape index (κ2) is 14.3. The van der Waals surface area contributed by atoms with Crippen LogP contribution in [0.1, 0.15) is 47.0 Å². The largest absolute Gasteiger partial charge is 0.455 e. The fraction of sp³-hybridized carbons (Fsp3) is 0.652. The molecule has 0 saturated carbocycles. The first-order valence-electron chi connectivity index (χ1n) is 10.4. The number of nitrogens with one attached hydrogen (secondary N) is 1. The van der Waals surface area contributed by atoms with E-state index in [1.807, 2.05) is 38.2 Å². The predicted octanol–water partition coefficient (Wildman–Crippen LogP) is 3.38. The molecule has 1 rings (SSSR count). The van der Waals surface area contributed by atoms with Crippen LogP contribution in [0.25, 0.3) is 0 Å². The molecule has 29 heavy (non-hydrogen) atoms. The first-order valence-corrected chi connectivity index (χ1v) is 10.4. The SMILES string of the molecule is CCC/C=C/C=C/C=C(\C)[C@H]1OC[C@@H](C)[C@H](OC)[C@@H]1OC(=O)CNCCC(C)=O. The van der Waals surface area contributed by atoms with Gasteiger partial charge in [0.25, 0.3) is 0 Å². The summed E-state index contributed by atoms with van der Waals surface area (Å²) in [6.45, 7) is 8.71. The Bertz CT molecular complexity index is 596. The lowest BCUT2D eigenvalue weighted by Crippen LogP contribution is -2.53. The molecule has 0 amide bonds. The zero-order valence-corrected chi connectivity index (χ0v) is 18.5. The van der Waals surface area contributed by atoms with Gasteiger partial charge in [0, 0.05) is 26.0 Å². The van der Waals surface area contributed by atoms with E-state index < -0.39 is 6.10 Å². The number of ether oxygens (including phenoxy) is 3. The van der Waals surface area contributed by atoms with E-state index in [1.165, 1.54) is 6.92 Å². The number of hydrogen-bond donors (Lipinski definition) is 1. The second-order valence-corrected chi connectivity index (χ2v) is 7.53. The Morgan fingerprint density at radius 3 is 2.59 bits per heavy atom. The summed E-state index contributed by atoms with van der Waals surface area (Å²) in [7, 11) is 1.63. The van der Waals surface area contributed by atoms with E-state index in [9.17, 15) is 9.59 Å². The lowest BCUT2D eigenvalue weighted by atomic mass is 9.90. The number of esters is 1. The molecule has 0 bridgehead atoms. The molecule has 6 heteroatoms. The summed E-state index contributed by atoms with van der Waals surface area (Å²) in [5, 5.41) is 2.94. The van der Waals surface area contributed by atoms with Gasteiger partial charge in [0.05, 0.1) is 13.2 Å². The molecule has 0 radical (unpaired) electrons. The van der Waals surface area contributed by atoms with Crippen LogP contribution in [-0.2, 0) is 23.8 Å². The summed E-state index contributed by atoms with van der Waals surface area (Å²) in [5.41, 5.74) is 0.974. The molecule has 0 aliphatic carbocycles. The van der Waals surface area contributed by atoms with Crippen molar-refractivity contribution in [2.24, 2.45) is 5.92 Å². The highest BCUT2D eigenvalue weighted by atomic mass is 16.6. The van der Waals surface area contributed by atoms with Gasteiger partial charge in [-0.2, -0.15) is 0 Å². The summed E-state index contributed by atoms with van der Waals surface area (Å²) in [5.74, 6) is -0.188. The third kappa shape index (κ3) is 9.52. The normalized spacial score (nSPS) is 25.6. The topological polar surface area (TPSA) is 73.9 Å². The monoisotopic (exact) mass is 407 g/mol. The molecule has 1 aliphatic rings. The maximum Gasteiger partial charge on any atom is 0.320 e. The van der Waals surface area contributed by atoms with Gasteiger partial charge in [-0.15, -0.1) is 0 Å². The van der Waals surface area contributed by atoms with Crippen molar-refractivity contribution in [2.75, 3.05) is 26.8 Å². The van der Waals surface area contributed by atoms with Crippen LogP contribution in [-0.4, -0.2) is 56.9 Å². The number of unbranched alkanes of at least 4 members (excludes halogenated alkanes) is 1. The minimum Gasteiger partial charge on any atom is -0.455 e. The molecule has 0 spiro atoms. The van der Waals surface area contributed by atoms with Gasteiger partial charge < -0.3 is 19.5 Å². The van der Waals surface area contributed by atoms with Gasteiger partial charge in [0.1, 0.15) is 18.0 Å². The van der Waals surface area contributed by atoms with E-state index in [1.54, 1.807) is 7.11 Å². The molecule has 164 valence electrons. The number of methoxy groups -OCH3 is 1. The fourth-order valence-electron chi connectivity index (χ4n) is 3.18. The van der Waals surface area contributed by atoms with Crippen molar-refractivity contribution < 1.29 is 23.8 Å². The van der Waals surface area contributed by atoms with Crippen LogP contribution in [0, 0.1) is 5.92 Å². The lowest BCUT2D eigenvalue weighted by Gasteiger charge is -2.40. The fourth-order valence-corrected chi connectivity index (χ4v) is 3.18. The lowest BCUT2D eigenvalue weighted by molar-refractivity contribution is -0.191. The quantitative estimate of drug-likeness (QED) is 0.304. The molecule has 0 aromatic carbocycles. The van der Waals surface area contributed by atoms with Crippen molar-refractivity contribution in [1.82, 2.24) is 5.32 Å². The summed E-state index contributed by atoms with van der Waals surface area (Å²) >= 11 is 0. The van der Waals surface area contributed by atoms with Gasteiger partial charge in [0.15, 0.2) is 6.10 Å². The highest BCUT2D eigenvalue weighted by Crippen LogP contribution is 2.29. The van der Waals surface area contributed by atoms with Crippen LogP contribution in [0.4, 0.5) is 0 Å². The smallest absolute Gasteiger partial charge is 0.320 e. The number of hydrogen-bond acceptors (Lipinski definition) is 6. The summed E-state index contributed by atoms with van der Waals surface area (Å²) in [6.07, 6.45) is 11.5. The van der Waals surface area contributed by atoms with E-state index in [-0.39, 0.29) is 36.4 Å². The van der Waals surface area contributed by atoms with Gasteiger partial charge in [-0.25, -0.2) is 0 Å². The molecule has 0 unspecified atom stereocenters. The average molecular weight is 408 g/mol. The van der Waals surface area contributed by atoms with Crippen LogP contribution in [0.5, 0.6) is 0 Å². The first-order chi connectivity index (χ1) is 13.9. The third-order valence-electron chi connectivity index (χ3n) is 4.81. The maximum atomic E-state index is 12.3. The van der Waals surface area contributed by atoms with E-state index in [4.69, 9.17) is 14.2 Å². The van der Waals surface area contributed by atoms with Crippen LogP contribution >= 0.6 is 0 Å². The predicted molar refractivity (Wildman–Crippen MR) is 115 cm³/mol. The summed E-state index contributed by atoms with van der Waals surface area (Å²) in [6, 6.07) is 0. The Hall–Kier alpha value is -1.76.